The van der Waals surface area contributed by atoms with Crippen molar-refractivity contribution in [1.29, 1.82) is 0 Å². The Balaban J connectivity index is 1.38. The molecule has 3 heterocycles. The number of pyridine rings is 1. The summed E-state index contributed by atoms with van der Waals surface area (Å²) < 4.78 is 68.0. The average molecular weight is 650 g/mol. The van der Waals surface area contributed by atoms with Gasteiger partial charge in [0.1, 0.15) is 0 Å². The number of halogens is 4. The number of fused-ring (bicyclic) bond motifs is 1. The predicted molar refractivity (Wildman–Crippen MR) is 162 cm³/mol. The van der Waals surface area contributed by atoms with Crippen LogP contribution in [0.3, 0.4) is 0 Å². The summed E-state index contributed by atoms with van der Waals surface area (Å²) >= 11 is 6.08. The third-order valence-corrected chi connectivity index (χ3v) is 10.3. The molecule has 44 heavy (non-hydrogen) atoms. The number of sulfonamides is 1. The molecule has 0 bridgehead atoms. The van der Waals surface area contributed by atoms with Crippen LogP contribution in [0.5, 0.6) is 0 Å². The van der Waals surface area contributed by atoms with Crippen LogP contribution in [0.25, 0.3) is 0 Å². The monoisotopic (exact) mass is 649 g/mol. The largest absolute Gasteiger partial charge is 0.416 e. The number of hydrogen-bond acceptors (Lipinski definition) is 6. The third kappa shape index (κ3) is 7.43. The zero-order valence-electron chi connectivity index (χ0n) is 24.6. The van der Waals surface area contributed by atoms with Gasteiger partial charge in [0.2, 0.25) is 10.0 Å². The fourth-order valence-electron chi connectivity index (χ4n) is 5.77. The average Bonchev–Trinajstić information content (AvgIpc) is 3.00. The fraction of sp³-hybridized carbons (Fsp3) is 0.419. The van der Waals surface area contributed by atoms with E-state index in [-0.39, 0.29) is 18.2 Å². The van der Waals surface area contributed by atoms with E-state index in [2.05, 4.69) is 20.9 Å². The summed E-state index contributed by atoms with van der Waals surface area (Å²) in [5, 5.41) is 0.573. The highest BCUT2D eigenvalue weighted by Gasteiger charge is 2.36. The highest BCUT2D eigenvalue weighted by molar-refractivity contribution is 7.89. The lowest BCUT2D eigenvalue weighted by Crippen LogP contribution is -2.57. The van der Waals surface area contributed by atoms with Crippen molar-refractivity contribution in [3.05, 3.63) is 93.8 Å². The maximum atomic E-state index is 13.9. The third-order valence-electron chi connectivity index (χ3n) is 8.25. The maximum Gasteiger partial charge on any atom is 0.416 e. The van der Waals surface area contributed by atoms with Crippen molar-refractivity contribution in [2.45, 2.75) is 36.5 Å². The smallest absolute Gasteiger partial charge is 0.333 e. The van der Waals surface area contributed by atoms with E-state index in [4.69, 9.17) is 11.6 Å². The Hall–Kier alpha value is -3.03. The van der Waals surface area contributed by atoms with Crippen molar-refractivity contribution in [2.24, 2.45) is 0 Å². The second kappa shape index (κ2) is 13.1. The van der Waals surface area contributed by atoms with Crippen LogP contribution in [-0.4, -0.2) is 97.7 Å². The fourth-order valence-corrected chi connectivity index (χ4v) is 6.87. The highest BCUT2D eigenvalue weighted by Crippen LogP contribution is 2.33. The van der Waals surface area contributed by atoms with E-state index in [0.29, 0.717) is 30.6 Å². The van der Waals surface area contributed by atoms with Gasteiger partial charge in [-0.05, 0) is 53.9 Å². The number of carbonyl (C=O) groups is 1. The van der Waals surface area contributed by atoms with Gasteiger partial charge in [-0.2, -0.15) is 13.2 Å². The molecule has 1 amide bonds. The molecular weight excluding hydrogens is 615 g/mol. The van der Waals surface area contributed by atoms with Crippen molar-refractivity contribution < 1.29 is 26.4 Å². The Kier molecular flexibility index (Phi) is 9.66. The number of benzene rings is 2. The lowest BCUT2D eigenvalue weighted by atomic mass is 10.00. The summed E-state index contributed by atoms with van der Waals surface area (Å²) in [5.74, 6) is -0.634. The van der Waals surface area contributed by atoms with Crippen LogP contribution in [-0.2, 0) is 35.6 Å². The number of alkyl halides is 3. The summed E-state index contributed by atoms with van der Waals surface area (Å²) in [6, 6.07) is 13.3. The van der Waals surface area contributed by atoms with Crippen LogP contribution < -0.4 is 0 Å². The molecule has 13 heteroatoms. The molecule has 0 saturated carbocycles. The van der Waals surface area contributed by atoms with Crippen molar-refractivity contribution in [3.8, 4) is 0 Å². The van der Waals surface area contributed by atoms with Gasteiger partial charge < -0.3 is 4.90 Å². The van der Waals surface area contributed by atoms with Crippen molar-refractivity contribution in [3.63, 3.8) is 0 Å². The van der Waals surface area contributed by atoms with Gasteiger partial charge in [-0.15, -0.1) is 0 Å². The van der Waals surface area contributed by atoms with E-state index in [1.54, 1.807) is 17.0 Å². The number of piperazine rings is 1. The minimum atomic E-state index is -4.83. The van der Waals surface area contributed by atoms with Crippen LogP contribution in [0.4, 0.5) is 13.2 Å². The molecule has 2 aromatic carbocycles. The Labute approximate surface area is 261 Å². The Bertz CT molecular complexity index is 1600. The Morgan fingerprint density at radius 2 is 1.75 bits per heavy atom. The summed E-state index contributed by atoms with van der Waals surface area (Å²) in [6.45, 7) is 4.67. The minimum Gasteiger partial charge on any atom is -0.333 e. The van der Waals surface area contributed by atoms with Gasteiger partial charge >= 0.3 is 6.18 Å². The van der Waals surface area contributed by atoms with Gasteiger partial charge in [0.05, 0.1) is 10.5 Å². The maximum absolute atomic E-state index is 13.9. The van der Waals surface area contributed by atoms with Crippen LogP contribution in [0.15, 0.2) is 65.7 Å². The predicted octanol–water partition coefficient (Wildman–Crippen LogP) is 4.43. The molecule has 0 unspecified atom stereocenters. The van der Waals surface area contributed by atoms with Gasteiger partial charge in [-0.1, -0.05) is 29.8 Å². The first-order valence-corrected chi connectivity index (χ1v) is 16.2. The second-order valence-electron chi connectivity index (χ2n) is 11.5. The minimum absolute atomic E-state index is 0.288. The first kappa shape index (κ1) is 32.4. The molecule has 2 aliphatic rings. The molecule has 2 aliphatic heterocycles. The van der Waals surface area contributed by atoms with E-state index >= 15 is 0 Å². The molecule has 1 fully saturated rings. The number of amides is 1. The molecule has 5 rings (SSSR count). The Morgan fingerprint density at radius 1 is 1.02 bits per heavy atom. The molecule has 8 nitrogen and oxygen atoms in total. The van der Waals surface area contributed by atoms with E-state index in [0.717, 1.165) is 60.3 Å². The molecule has 0 radical (unpaired) electrons. The first-order chi connectivity index (χ1) is 20.8. The van der Waals surface area contributed by atoms with Gasteiger partial charge in [0.25, 0.3) is 5.91 Å². The van der Waals surface area contributed by atoms with E-state index in [9.17, 15) is 26.4 Å². The second-order valence-corrected chi connectivity index (χ2v) is 14.0. The van der Waals surface area contributed by atoms with Crippen LogP contribution in [0.1, 0.15) is 32.7 Å². The highest BCUT2D eigenvalue weighted by atomic mass is 35.5. The molecule has 0 aliphatic carbocycles. The molecule has 1 atom stereocenters. The zero-order chi connectivity index (χ0) is 31.6. The van der Waals surface area contributed by atoms with Crippen LogP contribution in [0, 0.1) is 0 Å². The van der Waals surface area contributed by atoms with Gasteiger partial charge in [-0.3, -0.25) is 19.6 Å². The molecule has 0 spiro atoms. The van der Waals surface area contributed by atoms with Crippen molar-refractivity contribution in [2.75, 3.05) is 53.4 Å². The van der Waals surface area contributed by atoms with E-state index in [1.165, 1.54) is 19.7 Å². The van der Waals surface area contributed by atoms with Gasteiger partial charge in [-0.25, -0.2) is 12.7 Å². The number of carbonyl (C=O) groups excluding carboxylic acids is 1. The molecule has 1 aromatic heterocycles. The summed E-state index contributed by atoms with van der Waals surface area (Å²) in [4.78, 5) is 24.0. The SMILES string of the molecule is CN(C)S(=O)(=O)c1cc(C(=O)N2CCN(CCN3CCc4ncccc4C3)C[C@H]2Cc2ccc(Cl)cc2)cc(C(F)(F)F)c1. The first-order valence-electron chi connectivity index (χ1n) is 14.4. The Morgan fingerprint density at radius 3 is 2.45 bits per heavy atom. The van der Waals surface area contributed by atoms with Gasteiger partial charge in [0.15, 0.2) is 0 Å². The lowest BCUT2D eigenvalue weighted by Gasteiger charge is -2.42. The summed E-state index contributed by atoms with van der Waals surface area (Å²) in [6.07, 6.45) is -1.67. The standard InChI is InChI=1S/C31H35ClF3N5O3S/c1-37(2)44(42,43)28-18-24(17-25(19-28)31(33,34)35)30(41)40-15-14-39(21-27(40)16-22-5-7-26(32)8-6-22)13-12-38-11-9-29-23(20-38)4-3-10-36-29/h3-8,10,17-19,27H,9,11-16,20-21H2,1-2H3/t27-/m1/s1. The molecule has 0 N–H and O–H groups in total. The van der Waals surface area contributed by atoms with E-state index in [1.807, 2.05) is 24.4 Å². The number of hydrogen-bond donors (Lipinski definition) is 0. The number of nitrogens with zero attached hydrogens (tertiary/aromatic N) is 5. The quantitative estimate of drug-likeness (QED) is 0.360. The lowest BCUT2D eigenvalue weighted by molar-refractivity contribution is -0.137. The summed E-state index contributed by atoms with van der Waals surface area (Å²) in [7, 11) is -1.76. The molecule has 236 valence electrons. The van der Waals surface area contributed by atoms with Crippen molar-refractivity contribution >= 4 is 27.5 Å². The molecular formula is C31H35ClF3N5O3S. The van der Waals surface area contributed by atoms with E-state index < -0.39 is 32.6 Å². The number of aromatic nitrogens is 1. The van der Waals surface area contributed by atoms with Gasteiger partial charge in [0, 0.05) is 94.8 Å². The summed E-state index contributed by atoms with van der Waals surface area (Å²) in [5.41, 5.74) is 1.80. The van der Waals surface area contributed by atoms with Crippen LogP contribution >= 0.6 is 11.6 Å². The zero-order valence-corrected chi connectivity index (χ0v) is 26.2. The topological polar surface area (TPSA) is 77.1 Å². The van der Waals surface area contributed by atoms with Crippen LogP contribution in [0.2, 0.25) is 5.02 Å². The molecule has 3 aromatic rings. The molecule has 1 saturated heterocycles. The number of rotatable bonds is 8. The van der Waals surface area contributed by atoms with Crippen molar-refractivity contribution in [1.82, 2.24) is 24.0 Å². The normalized spacial score (nSPS) is 18.4.